The maximum atomic E-state index is 11.1. The highest BCUT2D eigenvalue weighted by molar-refractivity contribution is 9.10. The lowest BCUT2D eigenvalue weighted by Crippen LogP contribution is -2.10. The van der Waals surface area contributed by atoms with Crippen molar-refractivity contribution in [3.8, 4) is 11.5 Å². The number of hydrogen-bond donors (Lipinski definition) is 1. The van der Waals surface area contributed by atoms with Crippen molar-refractivity contribution in [3.05, 3.63) is 22.2 Å². The van der Waals surface area contributed by atoms with Crippen LogP contribution in [0.15, 0.2) is 16.6 Å². The van der Waals surface area contributed by atoms with Gasteiger partial charge in [-0.25, -0.2) is 4.79 Å². The lowest BCUT2D eigenvalue weighted by Gasteiger charge is -2.17. The Kier molecular flexibility index (Phi) is 6.85. The van der Waals surface area contributed by atoms with Crippen molar-refractivity contribution < 1.29 is 19.4 Å². The molecule has 1 aromatic carbocycles. The molecule has 112 valence electrons. The second kappa shape index (κ2) is 8.15. The summed E-state index contributed by atoms with van der Waals surface area (Å²) in [6.07, 6.45) is 2.21. The van der Waals surface area contributed by atoms with E-state index in [1.807, 2.05) is 6.92 Å². The molecule has 0 aromatic heterocycles. The molecular formula is C15H21BrO4. The summed E-state index contributed by atoms with van der Waals surface area (Å²) < 4.78 is 11.9. The van der Waals surface area contributed by atoms with Crippen LogP contribution in [0.2, 0.25) is 0 Å². The number of ether oxygens (including phenoxy) is 2. The number of rotatable bonds is 8. The Balaban J connectivity index is 2.95. The molecule has 1 atom stereocenters. The topological polar surface area (TPSA) is 55.8 Å². The fraction of sp³-hybridized carbons (Fsp3) is 0.533. The van der Waals surface area contributed by atoms with E-state index >= 15 is 0 Å². The van der Waals surface area contributed by atoms with Gasteiger partial charge in [0.2, 0.25) is 0 Å². The summed E-state index contributed by atoms with van der Waals surface area (Å²) in [5.41, 5.74) is 0.175. The van der Waals surface area contributed by atoms with Gasteiger partial charge in [0.05, 0.1) is 23.2 Å². The van der Waals surface area contributed by atoms with Crippen LogP contribution in [0, 0.1) is 5.92 Å². The van der Waals surface area contributed by atoms with Crippen molar-refractivity contribution in [2.24, 2.45) is 5.92 Å². The lowest BCUT2D eigenvalue weighted by atomic mass is 10.1. The molecule has 0 spiro atoms. The molecule has 0 aliphatic heterocycles. The minimum Gasteiger partial charge on any atom is -0.490 e. The number of carbonyl (C=O) groups is 1. The molecule has 1 N–H and O–H groups in total. The Morgan fingerprint density at radius 3 is 2.60 bits per heavy atom. The first-order valence-electron chi connectivity index (χ1n) is 6.82. The quantitative estimate of drug-likeness (QED) is 0.761. The minimum absolute atomic E-state index is 0.175. The number of aromatic carboxylic acids is 1. The second-order valence-corrected chi connectivity index (χ2v) is 5.58. The van der Waals surface area contributed by atoms with E-state index in [0.29, 0.717) is 35.1 Å². The van der Waals surface area contributed by atoms with Crippen LogP contribution in [0.1, 0.15) is 44.0 Å². The molecule has 0 heterocycles. The van der Waals surface area contributed by atoms with Crippen LogP contribution in [-0.2, 0) is 0 Å². The number of halogens is 1. The van der Waals surface area contributed by atoms with Crippen molar-refractivity contribution in [1.29, 1.82) is 0 Å². The maximum Gasteiger partial charge on any atom is 0.335 e. The van der Waals surface area contributed by atoms with E-state index in [9.17, 15) is 4.79 Å². The summed E-state index contributed by atoms with van der Waals surface area (Å²) in [6, 6.07) is 3.03. The molecule has 1 aromatic rings. The van der Waals surface area contributed by atoms with Crippen LogP contribution in [0.5, 0.6) is 11.5 Å². The van der Waals surface area contributed by atoms with Crippen LogP contribution < -0.4 is 9.47 Å². The number of carboxylic acid groups (broad SMARTS) is 1. The van der Waals surface area contributed by atoms with Crippen molar-refractivity contribution in [2.45, 2.75) is 33.6 Å². The highest BCUT2D eigenvalue weighted by Gasteiger charge is 2.16. The summed E-state index contributed by atoms with van der Waals surface area (Å²) in [5.74, 6) is 0.487. The van der Waals surface area contributed by atoms with Gasteiger partial charge in [-0.05, 0) is 47.3 Å². The van der Waals surface area contributed by atoms with Crippen LogP contribution in [0.3, 0.4) is 0 Å². The maximum absolute atomic E-state index is 11.1. The van der Waals surface area contributed by atoms with E-state index < -0.39 is 5.97 Å². The predicted octanol–water partition coefficient (Wildman–Crippen LogP) is 4.36. The Hall–Kier alpha value is -1.23. The summed E-state index contributed by atoms with van der Waals surface area (Å²) >= 11 is 3.36. The lowest BCUT2D eigenvalue weighted by molar-refractivity contribution is 0.0696. The molecule has 1 rings (SSSR count). The summed E-state index contributed by atoms with van der Waals surface area (Å²) in [6.45, 7) is 7.16. The van der Waals surface area contributed by atoms with Gasteiger partial charge in [0.15, 0.2) is 11.5 Å². The smallest absolute Gasteiger partial charge is 0.335 e. The molecule has 0 saturated heterocycles. The molecule has 0 aliphatic carbocycles. The monoisotopic (exact) mass is 344 g/mol. The zero-order chi connectivity index (χ0) is 15.1. The van der Waals surface area contributed by atoms with Gasteiger partial charge in [-0.3, -0.25) is 0 Å². The van der Waals surface area contributed by atoms with Crippen LogP contribution in [0.25, 0.3) is 0 Å². The third-order valence-electron chi connectivity index (χ3n) is 2.85. The average molecular weight is 345 g/mol. The normalized spacial score (nSPS) is 12.0. The predicted molar refractivity (Wildman–Crippen MR) is 81.8 cm³/mol. The molecule has 0 radical (unpaired) electrons. The molecule has 0 fully saturated rings. The van der Waals surface area contributed by atoms with E-state index in [1.54, 1.807) is 0 Å². The molecule has 0 amide bonds. The second-order valence-electron chi connectivity index (χ2n) is 4.73. The van der Waals surface area contributed by atoms with Crippen LogP contribution in [-0.4, -0.2) is 24.3 Å². The van der Waals surface area contributed by atoms with E-state index in [2.05, 4.69) is 29.8 Å². The summed E-state index contributed by atoms with van der Waals surface area (Å²) in [4.78, 5) is 11.1. The Labute approximate surface area is 128 Å². The van der Waals surface area contributed by atoms with Gasteiger partial charge < -0.3 is 14.6 Å². The van der Waals surface area contributed by atoms with Gasteiger partial charge in [0, 0.05) is 0 Å². The highest BCUT2D eigenvalue weighted by Crippen LogP contribution is 2.37. The van der Waals surface area contributed by atoms with E-state index in [0.717, 1.165) is 12.8 Å². The fourth-order valence-electron chi connectivity index (χ4n) is 1.90. The molecule has 0 aliphatic rings. The van der Waals surface area contributed by atoms with Crippen molar-refractivity contribution in [3.63, 3.8) is 0 Å². The molecule has 0 saturated carbocycles. The van der Waals surface area contributed by atoms with Gasteiger partial charge in [0.25, 0.3) is 0 Å². The summed E-state index contributed by atoms with van der Waals surface area (Å²) in [5, 5.41) is 9.06. The number of carboxylic acids is 1. The molecule has 0 bridgehead atoms. The largest absolute Gasteiger partial charge is 0.490 e. The molecule has 5 heteroatoms. The first kappa shape index (κ1) is 16.8. The van der Waals surface area contributed by atoms with Gasteiger partial charge in [-0.1, -0.05) is 20.3 Å². The molecule has 20 heavy (non-hydrogen) atoms. The Bertz CT molecular complexity index is 459. The average Bonchev–Trinajstić information content (AvgIpc) is 2.38. The van der Waals surface area contributed by atoms with Crippen molar-refractivity contribution in [1.82, 2.24) is 0 Å². The van der Waals surface area contributed by atoms with Gasteiger partial charge >= 0.3 is 5.97 Å². The van der Waals surface area contributed by atoms with Crippen LogP contribution in [0.4, 0.5) is 0 Å². The van der Waals surface area contributed by atoms with Crippen LogP contribution >= 0.6 is 15.9 Å². The number of hydrogen-bond acceptors (Lipinski definition) is 3. The third-order valence-corrected chi connectivity index (χ3v) is 3.44. The number of benzene rings is 1. The SMILES string of the molecule is CCCC(C)COc1c(Br)cc(C(=O)O)cc1OCC. The zero-order valence-electron chi connectivity index (χ0n) is 12.1. The minimum atomic E-state index is -0.988. The van der Waals surface area contributed by atoms with E-state index in [1.165, 1.54) is 12.1 Å². The first-order valence-corrected chi connectivity index (χ1v) is 7.61. The van der Waals surface area contributed by atoms with E-state index in [-0.39, 0.29) is 5.56 Å². The Morgan fingerprint density at radius 1 is 1.35 bits per heavy atom. The molecule has 4 nitrogen and oxygen atoms in total. The van der Waals surface area contributed by atoms with Gasteiger partial charge in [-0.2, -0.15) is 0 Å². The van der Waals surface area contributed by atoms with Crippen molar-refractivity contribution >= 4 is 21.9 Å². The molecule has 1 unspecified atom stereocenters. The summed E-state index contributed by atoms with van der Waals surface area (Å²) in [7, 11) is 0. The standard InChI is InChI=1S/C15H21BrO4/c1-4-6-10(3)9-20-14-12(16)7-11(15(17)18)8-13(14)19-5-2/h7-8,10H,4-6,9H2,1-3H3,(H,17,18). The van der Waals surface area contributed by atoms with Gasteiger partial charge in [0.1, 0.15) is 0 Å². The Morgan fingerprint density at radius 2 is 2.05 bits per heavy atom. The zero-order valence-corrected chi connectivity index (χ0v) is 13.7. The third kappa shape index (κ3) is 4.71. The molecular weight excluding hydrogens is 324 g/mol. The first-order chi connectivity index (χ1) is 9.49. The fourth-order valence-corrected chi connectivity index (χ4v) is 2.45. The highest BCUT2D eigenvalue weighted by atomic mass is 79.9. The van der Waals surface area contributed by atoms with E-state index in [4.69, 9.17) is 14.6 Å². The van der Waals surface area contributed by atoms with Gasteiger partial charge in [-0.15, -0.1) is 0 Å². The van der Waals surface area contributed by atoms with Crippen molar-refractivity contribution in [2.75, 3.05) is 13.2 Å².